The van der Waals surface area contributed by atoms with Gasteiger partial charge in [-0.15, -0.1) is 0 Å². The zero-order chi connectivity index (χ0) is 21.7. The zero-order valence-corrected chi connectivity index (χ0v) is 17.2. The summed E-state index contributed by atoms with van der Waals surface area (Å²) in [6, 6.07) is 17.5. The van der Waals surface area contributed by atoms with Crippen molar-refractivity contribution in [2.45, 2.75) is 18.0 Å². The third-order valence-electron chi connectivity index (χ3n) is 4.37. The fraction of sp³-hybridized carbons (Fsp3) is 0.0952. The Hall–Kier alpha value is -2.78. The highest BCUT2D eigenvalue weighted by Crippen LogP contribution is 2.24. The standard InChI is InChI=1S/C21H17ClFN2O4S/c22-18-2-1-3-20(12-18)30(28,29)25(14-16-6-10-19(23)11-7-16)13-15-4-8-17(9-5-15)21(26)24-27/h1-12H,13-14H2,(H-,24,26,27)/q-1. The van der Waals surface area contributed by atoms with E-state index in [-0.39, 0.29) is 28.6 Å². The normalized spacial score (nSPS) is 11.5. The Morgan fingerprint density at radius 3 is 2.07 bits per heavy atom. The molecular formula is C21H17ClFN2O4S-. The second kappa shape index (κ2) is 9.36. The molecule has 0 aliphatic rings. The van der Waals surface area contributed by atoms with Crippen molar-refractivity contribution in [3.8, 4) is 0 Å². The smallest absolute Gasteiger partial charge is 0.243 e. The molecule has 6 nitrogen and oxygen atoms in total. The van der Waals surface area contributed by atoms with Gasteiger partial charge < -0.3 is 10.7 Å². The summed E-state index contributed by atoms with van der Waals surface area (Å²) >= 11 is 5.97. The van der Waals surface area contributed by atoms with E-state index >= 15 is 0 Å². The average Bonchev–Trinajstić information content (AvgIpc) is 2.74. The summed E-state index contributed by atoms with van der Waals surface area (Å²) in [5.41, 5.74) is 2.66. The first kappa shape index (κ1) is 21.9. The van der Waals surface area contributed by atoms with Crippen LogP contribution in [0.2, 0.25) is 5.02 Å². The topological polar surface area (TPSA) is 89.5 Å². The Labute approximate surface area is 178 Å². The molecule has 1 amide bonds. The molecule has 0 bridgehead atoms. The summed E-state index contributed by atoms with van der Waals surface area (Å²) in [6.45, 7) is -0.0105. The number of amides is 1. The zero-order valence-electron chi connectivity index (χ0n) is 15.6. The number of hydroxylamine groups is 1. The van der Waals surface area contributed by atoms with Crippen LogP contribution in [-0.4, -0.2) is 18.6 Å². The monoisotopic (exact) mass is 447 g/mol. The molecule has 0 unspecified atom stereocenters. The molecule has 3 aromatic carbocycles. The van der Waals surface area contributed by atoms with Crippen LogP contribution in [0.1, 0.15) is 21.5 Å². The number of halogens is 2. The molecule has 9 heteroatoms. The van der Waals surface area contributed by atoms with Crippen LogP contribution < -0.4 is 5.48 Å². The van der Waals surface area contributed by atoms with E-state index in [0.717, 1.165) is 0 Å². The first-order chi connectivity index (χ1) is 14.3. The predicted molar refractivity (Wildman–Crippen MR) is 112 cm³/mol. The first-order valence-electron chi connectivity index (χ1n) is 8.81. The van der Waals surface area contributed by atoms with Gasteiger partial charge in [-0.1, -0.05) is 41.9 Å². The maximum absolute atomic E-state index is 13.3. The fourth-order valence-electron chi connectivity index (χ4n) is 2.82. The molecular weight excluding hydrogens is 431 g/mol. The minimum atomic E-state index is -3.94. The lowest BCUT2D eigenvalue weighted by Gasteiger charge is -2.23. The van der Waals surface area contributed by atoms with Crippen molar-refractivity contribution in [3.05, 3.63) is 106 Å². The summed E-state index contributed by atoms with van der Waals surface area (Å²) < 4.78 is 41.0. The van der Waals surface area contributed by atoms with Gasteiger partial charge in [-0.05, 0) is 53.6 Å². The third-order valence-corrected chi connectivity index (χ3v) is 6.40. The van der Waals surface area contributed by atoms with E-state index in [1.54, 1.807) is 24.3 Å². The molecule has 3 aromatic rings. The van der Waals surface area contributed by atoms with E-state index in [2.05, 4.69) is 0 Å². The second-order valence-corrected chi connectivity index (χ2v) is 8.86. The SMILES string of the molecule is O=C(N[O-])c1ccc(CN(Cc2ccc(F)cc2)S(=O)(=O)c2cccc(Cl)c2)cc1. The van der Waals surface area contributed by atoms with Gasteiger partial charge in [-0.2, -0.15) is 4.31 Å². The summed E-state index contributed by atoms with van der Waals surface area (Å²) in [7, 11) is -3.94. The quantitative estimate of drug-likeness (QED) is 0.552. The molecule has 0 atom stereocenters. The number of benzene rings is 3. The van der Waals surface area contributed by atoms with Crippen molar-refractivity contribution in [2.24, 2.45) is 0 Å². The number of hydrogen-bond acceptors (Lipinski definition) is 4. The number of rotatable bonds is 7. The minimum Gasteiger partial charge on any atom is -0.759 e. The summed E-state index contributed by atoms with van der Waals surface area (Å²) in [5, 5.41) is 10.8. The van der Waals surface area contributed by atoms with Crippen LogP contribution >= 0.6 is 11.6 Å². The lowest BCUT2D eigenvalue weighted by Crippen LogP contribution is -2.30. The van der Waals surface area contributed by atoms with E-state index in [1.165, 1.54) is 58.3 Å². The van der Waals surface area contributed by atoms with Gasteiger partial charge in [0.15, 0.2) is 0 Å². The van der Waals surface area contributed by atoms with Crippen molar-refractivity contribution in [1.82, 2.24) is 9.79 Å². The van der Waals surface area contributed by atoms with Crippen molar-refractivity contribution in [3.63, 3.8) is 0 Å². The molecule has 30 heavy (non-hydrogen) atoms. The summed E-state index contributed by atoms with van der Waals surface area (Å²) in [4.78, 5) is 11.4. The molecule has 3 rings (SSSR count). The maximum Gasteiger partial charge on any atom is 0.243 e. The van der Waals surface area contributed by atoms with Crippen LogP contribution in [0.15, 0.2) is 77.7 Å². The number of carbonyl (C=O) groups excluding carboxylic acids is 1. The third kappa shape index (κ3) is 5.22. The van der Waals surface area contributed by atoms with E-state index in [9.17, 15) is 22.8 Å². The van der Waals surface area contributed by atoms with Gasteiger partial charge in [0.2, 0.25) is 15.9 Å². The van der Waals surface area contributed by atoms with Gasteiger partial charge in [-0.3, -0.25) is 4.79 Å². The van der Waals surface area contributed by atoms with Gasteiger partial charge in [0.25, 0.3) is 0 Å². The number of carbonyl (C=O) groups is 1. The Morgan fingerprint density at radius 2 is 1.53 bits per heavy atom. The van der Waals surface area contributed by atoms with E-state index < -0.39 is 21.7 Å². The van der Waals surface area contributed by atoms with E-state index in [1.807, 2.05) is 0 Å². The second-order valence-electron chi connectivity index (χ2n) is 6.49. The molecule has 0 aromatic heterocycles. The lowest BCUT2D eigenvalue weighted by atomic mass is 10.1. The van der Waals surface area contributed by atoms with Crippen LogP contribution in [0.3, 0.4) is 0 Å². The number of nitrogens with zero attached hydrogens (tertiary/aromatic N) is 1. The highest BCUT2D eigenvalue weighted by Gasteiger charge is 2.25. The molecule has 1 N–H and O–H groups in total. The van der Waals surface area contributed by atoms with Crippen molar-refractivity contribution in [2.75, 3.05) is 0 Å². The van der Waals surface area contributed by atoms with Gasteiger partial charge in [0, 0.05) is 23.7 Å². The van der Waals surface area contributed by atoms with Crippen molar-refractivity contribution >= 4 is 27.5 Å². The molecule has 0 aliphatic heterocycles. The molecule has 0 saturated carbocycles. The molecule has 0 spiro atoms. The first-order valence-corrected chi connectivity index (χ1v) is 10.6. The van der Waals surface area contributed by atoms with Gasteiger partial charge >= 0.3 is 0 Å². The largest absolute Gasteiger partial charge is 0.759 e. The Bertz CT molecular complexity index is 1140. The van der Waals surface area contributed by atoms with Crippen LogP contribution in [0.4, 0.5) is 4.39 Å². The van der Waals surface area contributed by atoms with Crippen molar-refractivity contribution < 1.29 is 17.6 Å². The van der Waals surface area contributed by atoms with Crippen LogP contribution in [0.5, 0.6) is 0 Å². The van der Waals surface area contributed by atoms with Gasteiger partial charge in [-0.25, -0.2) is 12.8 Å². The van der Waals surface area contributed by atoms with Gasteiger partial charge in [0.1, 0.15) is 5.82 Å². The van der Waals surface area contributed by atoms with Crippen LogP contribution in [0.25, 0.3) is 0 Å². The minimum absolute atomic E-state index is 0.00206. The van der Waals surface area contributed by atoms with Crippen molar-refractivity contribution in [1.29, 1.82) is 0 Å². The molecule has 0 heterocycles. The molecule has 156 valence electrons. The van der Waals surface area contributed by atoms with Crippen LogP contribution in [0, 0.1) is 11.0 Å². The molecule has 0 aliphatic carbocycles. The highest BCUT2D eigenvalue weighted by molar-refractivity contribution is 7.89. The predicted octanol–water partition coefficient (Wildman–Crippen LogP) is 4.10. The molecule has 0 radical (unpaired) electrons. The Morgan fingerprint density at radius 1 is 0.967 bits per heavy atom. The summed E-state index contributed by atoms with van der Waals surface area (Å²) in [6.07, 6.45) is 0. The number of nitrogens with one attached hydrogen (secondary N) is 1. The van der Waals surface area contributed by atoms with Crippen LogP contribution in [-0.2, 0) is 23.1 Å². The average molecular weight is 448 g/mol. The lowest BCUT2D eigenvalue weighted by molar-refractivity contribution is 0.0970. The summed E-state index contributed by atoms with van der Waals surface area (Å²) in [5.74, 6) is -1.20. The number of sulfonamides is 1. The Kier molecular flexibility index (Phi) is 6.84. The fourth-order valence-corrected chi connectivity index (χ4v) is 4.54. The molecule has 0 saturated heterocycles. The number of hydrogen-bond donors (Lipinski definition) is 1. The van der Waals surface area contributed by atoms with E-state index in [0.29, 0.717) is 11.1 Å². The Balaban J connectivity index is 1.94. The highest BCUT2D eigenvalue weighted by atomic mass is 35.5. The van der Waals surface area contributed by atoms with Gasteiger partial charge in [0.05, 0.1) is 4.90 Å². The maximum atomic E-state index is 13.3. The van der Waals surface area contributed by atoms with E-state index in [4.69, 9.17) is 11.6 Å². The molecule has 0 fully saturated rings.